The number of hydrogen-bond donors (Lipinski definition) is 0. The predicted molar refractivity (Wildman–Crippen MR) is 121 cm³/mol. The van der Waals surface area contributed by atoms with Gasteiger partial charge in [0.2, 0.25) is 5.95 Å². The van der Waals surface area contributed by atoms with Gasteiger partial charge in [-0.05, 0) is 25.3 Å². The van der Waals surface area contributed by atoms with Crippen molar-refractivity contribution in [2.24, 2.45) is 7.05 Å². The molecule has 170 valence electrons. The lowest BCUT2D eigenvalue weighted by molar-refractivity contribution is -0.140. The molecule has 3 fully saturated rings. The Morgan fingerprint density at radius 2 is 1.88 bits per heavy atom. The minimum absolute atomic E-state index is 0.111. The summed E-state index contributed by atoms with van der Waals surface area (Å²) in [6, 6.07) is 10.4. The van der Waals surface area contributed by atoms with Crippen LogP contribution in [0.1, 0.15) is 43.0 Å². The molecule has 0 unspecified atom stereocenters. The standard InChI is InChI=1S/C24H27N7O2/c1-16-18(21-26-15-29(2)28-21)14-25-23(27-16)30-12-10-24(11-13-30)22(32)31-19(8-9-20(31)33-24)17-6-4-3-5-7-17/h3-7,14-15,19-20H,8-13H2,1-2H3/t19-,20+/m0/s1. The Labute approximate surface area is 192 Å². The van der Waals surface area contributed by atoms with E-state index in [1.807, 2.05) is 37.1 Å². The van der Waals surface area contributed by atoms with E-state index in [1.165, 1.54) is 5.56 Å². The number of anilines is 1. The SMILES string of the molecule is Cc1nc(N2CCC3(CC2)O[C@@H]2CC[C@@H](c4ccccc4)N2C3=O)ncc1-c1ncn(C)n1. The number of rotatable bonds is 3. The summed E-state index contributed by atoms with van der Waals surface area (Å²) in [6.07, 6.45) is 6.47. The number of nitrogens with zero attached hydrogens (tertiary/aromatic N) is 7. The van der Waals surface area contributed by atoms with Crippen molar-refractivity contribution in [1.29, 1.82) is 0 Å². The summed E-state index contributed by atoms with van der Waals surface area (Å²) in [5.74, 6) is 1.44. The Balaban J connectivity index is 1.17. The number of hydrogen-bond acceptors (Lipinski definition) is 7. The Morgan fingerprint density at radius 1 is 1.09 bits per heavy atom. The van der Waals surface area contributed by atoms with Gasteiger partial charge in [-0.1, -0.05) is 30.3 Å². The average Bonchev–Trinajstić information content (AvgIpc) is 3.51. The van der Waals surface area contributed by atoms with Gasteiger partial charge in [-0.25, -0.2) is 15.0 Å². The Kier molecular flexibility index (Phi) is 4.69. The van der Waals surface area contributed by atoms with Crippen LogP contribution in [0.15, 0.2) is 42.9 Å². The first kappa shape index (κ1) is 20.3. The third kappa shape index (κ3) is 3.30. The van der Waals surface area contributed by atoms with Gasteiger partial charge in [0, 0.05) is 39.2 Å². The van der Waals surface area contributed by atoms with Crippen LogP contribution in [0.25, 0.3) is 11.4 Å². The molecule has 6 rings (SSSR count). The minimum atomic E-state index is -0.721. The number of amides is 1. The van der Waals surface area contributed by atoms with E-state index < -0.39 is 5.60 Å². The molecule has 9 heteroatoms. The first-order valence-electron chi connectivity index (χ1n) is 11.5. The van der Waals surface area contributed by atoms with Gasteiger partial charge in [0.1, 0.15) is 12.6 Å². The first-order chi connectivity index (χ1) is 16.0. The van der Waals surface area contributed by atoms with Crippen molar-refractivity contribution in [2.75, 3.05) is 18.0 Å². The van der Waals surface area contributed by atoms with Crippen LogP contribution in [-0.2, 0) is 16.6 Å². The number of piperidine rings is 1. The van der Waals surface area contributed by atoms with Gasteiger partial charge >= 0.3 is 0 Å². The number of fused-ring (bicyclic) bond motifs is 1. The topological polar surface area (TPSA) is 89.3 Å². The van der Waals surface area contributed by atoms with Crippen LogP contribution in [0.4, 0.5) is 5.95 Å². The van der Waals surface area contributed by atoms with Gasteiger partial charge in [-0.15, -0.1) is 0 Å². The maximum atomic E-state index is 13.6. The molecule has 1 spiro atoms. The molecular weight excluding hydrogens is 418 g/mol. The number of benzene rings is 1. The normalized spacial score (nSPS) is 24.0. The van der Waals surface area contributed by atoms with Crippen LogP contribution >= 0.6 is 0 Å². The quantitative estimate of drug-likeness (QED) is 0.612. The van der Waals surface area contributed by atoms with E-state index in [1.54, 1.807) is 17.2 Å². The summed E-state index contributed by atoms with van der Waals surface area (Å²) < 4.78 is 8.12. The maximum Gasteiger partial charge on any atom is 0.257 e. The van der Waals surface area contributed by atoms with Crippen LogP contribution in [0.3, 0.4) is 0 Å². The van der Waals surface area contributed by atoms with Crippen LogP contribution in [0.5, 0.6) is 0 Å². The zero-order valence-corrected chi connectivity index (χ0v) is 18.9. The van der Waals surface area contributed by atoms with Gasteiger partial charge < -0.3 is 14.5 Å². The second kappa shape index (κ2) is 7.62. The monoisotopic (exact) mass is 445 g/mol. The van der Waals surface area contributed by atoms with Gasteiger partial charge in [-0.2, -0.15) is 5.10 Å². The molecular formula is C24H27N7O2. The van der Waals surface area contributed by atoms with E-state index in [2.05, 4.69) is 32.1 Å². The van der Waals surface area contributed by atoms with Crippen LogP contribution in [0, 0.1) is 6.92 Å². The summed E-state index contributed by atoms with van der Waals surface area (Å²) in [5, 5.41) is 4.35. The zero-order chi connectivity index (χ0) is 22.6. The fourth-order valence-corrected chi connectivity index (χ4v) is 5.40. The molecule has 0 saturated carbocycles. The minimum Gasteiger partial charge on any atom is -0.342 e. The Bertz CT molecular complexity index is 1190. The molecule has 5 heterocycles. The molecule has 33 heavy (non-hydrogen) atoms. The number of aromatic nitrogens is 5. The van der Waals surface area contributed by atoms with E-state index in [-0.39, 0.29) is 18.2 Å². The first-order valence-corrected chi connectivity index (χ1v) is 11.5. The van der Waals surface area contributed by atoms with Gasteiger partial charge in [0.05, 0.1) is 17.3 Å². The fraction of sp³-hybridized carbons (Fsp3) is 0.458. The third-order valence-electron chi connectivity index (χ3n) is 7.16. The molecule has 2 aromatic heterocycles. The van der Waals surface area contributed by atoms with Crippen molar-refractivity contribution in [2.45, 2.75) is 50.5 Å². The number of ether oxygens (including phenoxy) is 1. The molecule has 0 N–H and O–H groups in total. The van der Waals surface area contributed by atoms with Crippen molar-refractivity contribution in [1.82, 2.24) is 29.6 Å². The molecule has 3 aromatic rings. The largest absolute Gasteiger partial charge is 0.342 e. The van der Waals surface area contributed by atoms with E-state index in [0.717, 1.165) is 24.1 Å². The molecule has 0 radical (unpaired) electrons. The molecule has 0 bridgehead atoms. The third-order valence-corrected chi connectivity index (χ3v) is 7.16. The van der Waals surface area contributed by atoms with E-state index >= 15 is 0 Å². The smallest absolute Gasteiger partial charge is 0.257 e. The van der Waals surface area contributed by atoms with Crippen molar-refractivity contribution in [3.63, 3.8) is 0 Å². The van der Waals surface area contributed by atoms with Gasteiger partial charge in [0.15, 0.2) is 11.4 Å². The van der Waals surface area contributed by atoms with Crippen molar-refractivity contribution >= 4 is 11.9 Å². The molecule has 3 aliphatic rings. The lowest BCUT2D eigenvalue weighted by Gasteiger charge is -2.37. The molecule has 9 nitrogen and oxygen atoms in total. The van der Waals surface area contributed by atoms with E-state index in [9.17, 15) is 4.79 Å². The second-order valence-corrected chi connectivity index (χ2v) is 9.18. The lowest BCUT2D eigenvalue weighted by atomic mass is 9.89. The highest BCUT2D eigenvalue weighted by Crippen LogP contribution is 2.47. The average molecular weight is 446 g/mol. The molecule has 2 atom stereocenters. The van der Waals surface area contributed by atoms with Gasteiger partial charge in [-0.3, -0.25) is 9.48 Å². The van der Waals surface area contributed by atoms with Crippen molar-refractivity contribution in [3.05, 3.63) is 54.1 Å². The highest BCUT2D eigenvalue weighted by atomic mass is 16.6. The van der Waals surface area contributed by atoms with Crippen LogP contribution < -0.4 is 4.90 Å². The summed E-state index contributed by atoms with van der Waals surface area (Å²) in [5.41, 5.74) is 2.14. The second-order valence-electron chi connectivity index (χ2n) is 9.18. The fourth-order valence-electron chi connectivity index (χ4n) is 5.40. The van der Waals surface area contributed by atoms with Crippen molar-refractivity contribution < 1.29 is 9.53 Å². The van der Waals surface area contributed by atoms with Crippen LogP contribution in [0.2, 0.25) is 0 Å². The van der Waals surface area contributed by atoms with Gasteiger partial charge in [0.25, 0.3) is 5.91 Å². The maximum absolute atomic E-state index is 13.6. The number of carbonyl (C=O) groups excluding carboxylic acids is 1. The Hall–Kier alpha value is -3.33. The van der Waals surface area contributed by atoms with E-state index in [0.29, 0.717) is 37.7 Å². The molecule has 3 saturated heterocycles. The summed E-state index contributed by atoms with van der Waals surface area (Å²) in [6.45, 7) is 3.32. The predicted octanol–water partition coefficient (Wildman–Crippen LogP) is 2.64. The summed E-state index contributed by atoms with van der Waals surface area (Å²) in [7, 11) is 1.84. The molecule has 0 aliphatic carbocycles. The van der Waals surface area contributed by atoms with Crippen LogP contribution in [-0.4, -0.2) is 60.5 Å². The molecule has 1 amide bonds. The molecule has 1 aromatic carbocycles. The van der Waals surface area contributed by atoms with E-state index in [4.69, 9.17) is 9.72 Å². The van der Waals surface area contributed by atoms with Crippen molar-refractivity contribution in [3.8, 4) is 11.4 Å². The highest BCUT2D eigenvalue weighted by molar-refractivity contribution is 5.88. The molecule has 3 aliphatic heterocycles. The Morgan fingerprint density at radius 3 is 2.58 bits per heavy atom. The summed E-state index contributed by atoms with van der Waals surface area (Å²) in [4.78, 5) is 31.3. The highest BCUT2D eigenvalue weighted by Gasteiger charge is 2.58. The lowest BCUT2D eigenvalue weighted by Crippen LogP contribution is -2.50. The number of carbonyl (C=O) groups is 1. The number of aryl methyl sites for hydroxylation is 2. The summed E-state index contributed by atoms with van der Waals surface area (Å²) >= 11 is 0. The zero-order valence-electron chi connectivity index (χ0n) is 18.9.